The van der Waals surface area contributed by atoms with E-state index in [-0.39, 0.29) is 0 Å². The molecule has 1 heteroatoms. The highest BCUT2D eigenvalue weighted by atomic mass is 15.0. The normalized spacial score (nSPS) is 32.8. The Balaban J connectivity index is 1.84. The highest BCUT2D eigenvalue weighted by molar-refractivity contribution is 4.92. The molecule has 1 nitrogen and oxygen atoms in total. The van der Waals surface area contributed by atoms with Crippen LogP contribution in [0, 0.1) is 11.3 Å². The summed E-state index contributed by atoms with van der Waals surface area (Å²) in [6, 6.07) is 1.51. The second kappa shape index (κ2) is 5.08. The standard InChI is InChI=1S/C15H29N/c1-12(13-8-5-4-6-9-13)16-14-10-7-11-15(14,2)3/h12-14,16H,4-11H2,1-3H3. The first-order chi connectivity index (χ1) is 7.59. The second-order valence-electron chi connectivity index (χ2n) is 6.79. The zero-order chi connectivity index (χ0) is 11.6. The van der Waals surface area contributed by atoms with Gasteiger partial charge in [0.25, 0.3) is 0 Å². The molecule has 0 heterocycles. The van der Waals surface area contributed by atoms with Crippen LogP contribution >= 0.6 is 0 Å². The summed E-state index contributed by atoms with van der Waals surface area (Å²) >= 11 is 0. The smallest absolute Gasteiger partial charge is 0.0121 e. The fourth-order valence-corrected chi connectivity index (χ4v) is 3.72. The molecule has 2 unspecified atom stereocenters. The van der Waals surface area contributed by atoms with E-state index in [1.807, 2.05) is 0 Å². The van der Waals surface area contributed by atoms with Crippen molar-refractivity contribution in [3.8, 4) is 0 Å². The van der Waals surface area contributed by atoms with E-state index in [0.717, 1.165) is 18.0 Å². The summed E-state index contributed by atoms with van der Waals surface area (Å²) in [4.78, 5) is 0. The Labute approximate surface area is 101 Å². The van der Waals surface area contributed by atoms with E-state index in [0.29, 0.717) is 5.41 Å². The summed E-state index contributed by atoms with van der Waals surface area (Å²) < 4.78 is 0. The first-order valence-corrected chi connectivity index (χ1v) is 7.36. The molecule has 0 saturated heterocycles. The van der Waals surface area contributed by atoms with Crippen molar-refractivity contribution >= 4 is 0 Å². The van der Waals surface area contributed by atoms with Gasteiger partial charge in [-0.3, -0.25) is 0 Å². The van der Waals surface area contributed by atoms with Gasteiger partial charge in [-0.15, -0.1) is 0 Å². The number of rotatable bonds is 3. The highest BCUT2D eigenvalue weighted by Crippen LogP contribution is 2.38. The highest BCUT2D eigenvalue weighted by Gasteiger charge is 2.35. The van der Waals surface area contributed by atoms with Gasteiger partial charge in [0.05, 0.1) is 0 Å². The van der Waals surface area contributed by atoms with Crippen LogP contribution < -0.4 is 5.32 Å². The van der Waals surface area contributed by atoms with E-state index in [9.17, 15) is 0 Å². The van der Waals surface area contributed by atoms with Crippen LogP contribution in [0.1, 0.15) is 72.1 Å². The van der Waals surface area contributed by atoms with Gasteiger partial charge in [0.1, 0.15) is 0 Å². The van der Waals surface area contributed by atoms with E-state index in [1.165, 1.54) is 51.4 Å². The van der Waals surface area contributed by atoms with Crippen molar-refractivity contribution in [2.75, 3.05) is 0 Å². The largest absolute Gasteiger partial charge is 0.311 e. The minimum absolute atomic E-state index is 0.531. The molecule has 16 heavy (non-hydrogen) atoms. The molecule has 0 spiro atoms. The molecule has 2 aliphatic carbocycles. The van der Waals surface area contributed by atoms with Gasteiger partial charge in [-0.1, -0.05) is 39.5 Å². The van der Waals surface area contributed by atoms with Crippen molar-refractivity contribution in [1.82, 2.24) is 5.32 Å². The number of hydrogen-bond acceptors (Lipinski definition) is 1. The van der Waals surface area contributed by atoms with Gasteiger partial charge in [0, 0.05) is 12.1 Å². The van der Waals surface area contributed by atoms with E-state index in [2.05, 4.69) is 26.1 Å². The van der Waals surface area contributed by atoms with Crippen LogP contribution in [0.5, 0.6) is 0 Å². The zero-order valence-corrected chi connectivity index (χ0v) is 11.4. The maximum atomic E-state index is 3.94. The van der Waals surface area contributed by atoms with Gasteiger partial charge in [-0.2, -0.15) is 0 Å². The van der Waals surface area contributed by atoms with Crippen LogP contribution in [0.4, 0.5) is 0 Å². The average Bonchev–Trinajstić information content (AvgIpc) is 2.59. The lowest BCUT2D eigenvalue weighted by atomic mass is 9.82. The minimum atomic E-state index is 0.531. The van der Waals surface area contributed by atoms with Crippen LogP contribution in [-0.4, -0.2) is 12.1 Å². The van der Waals surface area contributed by atoms with Crippen LogP contribution in [0.3, 0.4) is 0 Å². The predicted octanol–water partition coefficient (Wildman–Crippen LogP) is 4.12. The minimum Gasteiger partial charge on any atom is -0.311 e. The van der Waals surface area contributed by atoms with Gasteiger partial charge in [0.2, 0.25) is 0 Å². The quantitative estimate of drug-likeness (QED) is 0.759. The van der Waals surface area contributed by atoms with Crippen molar-refractivity contribution in [3.05, 3.63) is 0 Å². The molecule has 94 valence electrons. The zero-order valence-electron chi connectivity index (χ0n) is 11.4. The van der Waals surface area contributed by atoms with Crippen LogP contribution in [-0.2, 0) is 0 Å². The van der Waals surface area contributed by atoms with Crippen LogP contribution in [0.2, 0.25) is 0 Å². The van der Waals surface area contributed by atoms with E-state index in [1.54, 1.807) is 0 Å². The number of nitrogens with one attached hydrogen (secondary N) is 1. The Morgan fingerprint density at radius 2 is 1.69 bits per heavy atom. The van der Waals surface area contributed by atoms with Crippen molar-refractivity contribution in [3.63, 3.8) is 0 Å². The lowest BCUT2D eigenvalue weighted by Gasteiger charge is -2.35. The van der Waals surface area contributed by atoms with Gasteiger partial charge in [0.15, 0.2) is 0 Å². The van der Waals surface area contributed by atoms with Crippen molar-refractivity contribution in [1.29, 1.82) is 0 Å². The van der Waals surface area contributed by atoms with Crippen molar-refractivity contribution in [2.24, 2.45) is 11.3 Å². The van der Waals surface area contributed by atoms with Crippen LogP contribution in [0.25, 0.3) is 0 Å². The third-order valence-electron chi connectivity index (χ3n) is 5.08. The lowest BCUT2D eigenvalue weighted by Crippen LogP contribution is -2.46. The van der Waals surface area contributed by atoms with Crippen molar-refractivity contribution < 1.29 is 0 Å². The molecule has 2 rings (SSSR count). The SMILES string of the molecule is CC(NC1CCCC1(C)C)C1CCCCC1. The maximum Gasteiger partial charge on any atom is 0.0121 e. The molecule has 0 bridgehead atoms. The fraction of sp³-hybridized carbons (Fsp3) is 1.00. The lowest BCUT2D eigenvalue weighted by molar-refractivity contribution is 0.211. The van der Waals surface area contributed by atoms with E-state index >= 15 is 0 Å². The first kappa shape index (κ1) is 12.4. The number of hydrogen-bond donors (Lipinski definition) is 1. The van der Waals surface area contributed by atoms with Gasteiger partial charge >= 0.3 is 0 Å². The molecule has 2 fully saturated rings. The molecular weight excluding hydrogens is 194 g/mol. The van der Waals surface area contributed by atoms with Crippen LogP contribution in [0.15, 0.2) is 0 Å². The maximum absolute atomic E-state index is 3.94. The predicted molar refractivity (Wildman–Crippen MR) is 70.6 cm³/mol. The Kier molecular flexibility index (Phi) is 3.94. The molecule has 0 aromatic heterocycles. The average molecular weight is 223 g/mol. The summed E-state index contributed by atoms with van der Waals surface area (Å²) in [7, 11) is 0. The molecule has 2 atom stereocenters. The molecular formula is C15H29N. The third kappa shape index (κ3) is 2.80. The molecule has 1 N–H and O–H groups in total. The summed E-state index contributed by atoms with van der Waals surface area (Å²) in [5.41, 5.74) is 0.531. The molecule has 0 radical (unpaired) electrons. The molecule has 2 saturated carbocycles. The van der Waals surface area contributed by atoms with E-state index < -0.39 is 0 Å². The topological polar surface area (TPSA) is 12.0 Å². The van der Waals surface area contributed by atoms with Gasteiger partial charge < -0.3 is 5.32 Å². The first-order valence-electron chi connectivity index (χ1n) is 7.36. The second-order valence-corrected chi connectivity index (χ2v) is 6.79. The van der Waals surface area contributed by atoms with Gasteiger partial charge in [-0.25, -0.2) is 0 Å². The molecule has 0 aromatic rings. The molecule has 2 aliphatic rings. The fourth-order valence-electron chi connectivity index (χ4n) is 3.72. The summed E-state index contributed by atoms with van der Waals surface area (Å²) in [6.07, 6.45) is 11.5. The Hall–Kier alpha value is -0.0400. The molecule has 0 aliphatic heterocycles. The third-order valence-corrected chi connectivity index (χ3v) is 5.08. The van der Waals surface area contributed by atoms with Crippen molar-refractivity contribution in [2.45, 2.75) is 84.2 Å². The Morgan fingerprint density at radius 3 is 2.25 bits per heavy atom. The Morgan fingerprint density at radius 1 is 1.00 bits per heavy atom. The van der Waals surface area contributed by atoms with E-state index in [4.69, 9.17) is 0 Å². The molecule has 0 amide bonds. The monoisotopic (exact) mass is 223 g/mol. The Bertz CT molecular complexity index is 215. The molecule has 0 aromatic carbocycles. The van der Waals surface area contributed by atoms with Gasteiger partial charge in [-0.05, 0) is 43.9 Å². The summed E-state index contributed by atoms with van der Waals surface area (Å²) in [5.74, 6) is 0.949. The summed E-state index contributed by atoms with van der Waals surface area (Å²) in [5, 5.41) is 3.94. The summed E-state index contributed by atoms with van der Waals surface area (Å²) in [6.45, 7) is 7.29.